The minimum absolute atomic E-state index is 0.0114. The third-order valence-corrected chi connectivity index (χ3v) is 5.16. The lowest BCUT2D eigenvalue weighted by molar-refractivity contribution is -0.123. The Bertz CT molecular complexity index is 1100. The summed E-state index contributed by atoms with van der Waals surface area (Å²) in [6.45, 7) is 0. The molecule has 1 aliphatic rings. The molecule has 1 atom stereocenters. The lowest BCUT2D eigenvalue weighted by atomic mass is 9.89. The number of amides is 2. The minimum Gasteiger partial charge on any atom is -0.496 e. The number of carbonyl (C=O) groups excluding carboxylic acids is 2. The van der Waals surface area contributed by atoms with Gasteiger partial charge in [0, 0.05) is 29.8 Å². The Hall–Kier alpha value is -3.67. The minimum atomic E-state index is -0.686. The molecule has 3 aromatic carbocycles. The van der Waals surface area contributed by atoms with Crippen LogP contribution in [0.4, 0.5) is 15.8 Å². The van der Waals surface area contributed by atoms with Crippen molar-refractivity contribution in [2.75, 3.05) is 17.7 Å². The van der Waals surface area contributed by atoms with Crippen LogP contribution in [0.5, 0.6) is 5.75 Å². The molecular formula is C24H21FN2O3. The summed E-state index contributed by atoms with van der Waals surface area (Å²) < 4.78 is 19.0. The van der Waals surface area contributed by atoms with E-state index in [0.29, 0.717) is 23.4 Å². The molecule has 0 aliphatic carbocycles. The van der Waals surface area contributed by atoms with Crippen LogP contribution in [0.15, 0.2) is 66.7 Å². The maximum absolute atomic E-state index is 13.5. The molecule has 1 unspecified atom stereocenters. The van der Waals surface area contributed by atoms with Crippen LogP contribution in [0.2, 0.25) is 0 Å². The second kappa shape index (κ2) is 8.37. The first-order valence-corrected chi connectivity index (χ1v) is 9.64. The van der Waals surface area contributed by atoms with Crippen molar-refractivity contribution in [3.63, 3.8) is 0 Å². The van der Waals surface area contributed by atoms with E-state index in [0.717, 1.165) is 16.9 Å². The van der Waals surface area contributed by atoms with Gasteiger partial charge in [-0.2, -0.15) is 0 Å². The molecule has 0 fully saturated rings. The average Bonchev–Trinajstić information content (AvgIpc) is 2.74. The van der Waals surface area contributed by atoms with Gasteiger partial charge in [-0.15, -0.1) is 0 Å². The largest absolute Gasteiger partial charge is 0.496 e. The van der Waals surface area contributed by atoms with Gasteiger partial charge in [-0.25, -0.2) is 4.39 Å². The topological polar surface area (TPSA) is 67.4 Å². The summed E-state index contributed by atoms with van der Waals surface area (Å²) in [5.41, 5.74) is 3.61. The summed E-state index contributed by atoms with van der Waals surface area (Å²) >= 11 is 0. The lowest BCUT2D eigenvalue weighted by Gasteiger charge is -2.25. The van der Waals surface area contributed by atoms with Crippen LogP contribution in [-0.2, 0) is 16.0 Å². The fourth-order valence-electron chi connectivity index (χ4n) is 3.71. The van der Waals surface area contributed by atoms with Crippen molar-refractivity contribution in [2.24, 2.45) is 0 Å². The van der Waals surface area contributed by atoms with Crippen LogP contribution in [0.1, 0.15) is 29.0 Å². The number of anilines is 2. The molecule has 0 saturated heterocycles. The van der Waals surface area contributed by atoms with Crippen molar-refractivity contribution in [3.05, 3.63) is 89.2 Å². The molecule has 0 radical (unpaired) electrons. The Morgan fingerprint density at radius 3 is 2.70 bits per heavy atom. The Kier molecular flexibility index (Phi) is 5.48. The SMILES string of the molecule is COc1ccc(NC(=O)C2CC(=O)Nc3cc(F)ccc32)cc1Cc1ccccc1. The molecular weight excluding hydrogens is 383 g/mol. The number of fused-ring (bicyclic) bond motifs is 1. The average molecular weight is 404 g/mol. The van der Waals surface area contributed by atoms with Gasteiger partial charge in [-0.1, -0.05) is 36.4 Å². The van der Waals surface area contributed by atoms with E-state index in [1.165, 1.54) is 12.1 Å². The summed E-state index contributed by atoms with van der Waals surface area (Å²) in [4.78, 5) is 25.0. The number of benzene rings is 3. The van der Waals surface area contributed by atoms with Crippen molar-refractivity contribution in [1.29, 1.82) is 0 Å². The molecule has 4 rings (SSSR count). The van der Waals surface area contributed by atoms with Crippen LogP contribution >= 0.6 is 0 Å². The molecule has 0 bridgehead atoms. The first-order valence-electron chi connectivity index (χ1n) is 9.64. The number of nitrogens with one attached hydrogen (secondary N) is 2. The molecule has 2 N–H and O–H groups in total. The molecule has 30 heavy (non-hydrogen) atoms. The summed E-state index contributed by atoms with van der Waals surface area (Å²) in [6.07, 6.45) is 0.666. The zero-order valence-corrected chi connectivity index (χ0v) is 16.4. The molecule has 0 aromatic heterocycles. The zero-order chi connectivity index (χ0) is 21.1. The van der Waals surface area contributed by atoms with E-state index in [4.69, 9.17) is 4.74 Å². The molecule has 0 saturated carbocycles. The normalized spacial score (nSPS) is 15.1. The third-order valence-electron chi connectivity index (χ3n) is 5.16. The Labute approximate surface area is 173 Å². The standard InChI is InChI=1S/C24H21FN2O3/c1-30-22-10-8-18(12-16(22)11-15-5-3-2-4-6-15)26-24(29)20-14-23(28)27-21-13-17(25)7-9-19(20)21/h2-10,12-13,20H,11,14H2,1H3,(H,26,29)(H,27,28). The van der Waals surface area contributed by atoms with Crippen molar-refractivity contribution in [3.8, 4) is 5.75 Å². The summed E-state index contributed by atoms with van der Waals surface area (Å²) in [5, 5.41) is 5.52. The number of hydrogen-bond acceptors (Lipinski definition) is 3. The Morgan fingerprint density at radius 1 is 1.13 bits per heavy atom. The third kappa shape index (κ3) is 4.17. The Morgan fingerprint density at radius 2 is 1.93 bits per heavy atom. The van der Waals surface area contributed by atoms with Crippen LogP contribution in [0.3, 0.4) is 0 Å². The van der Waals surface area contributed by atoms with Gasteiger partial charge < -0.3 is 15.4 Å². The predicted octanol–water partition coefficient (Wildman–Crippen LogP) is 4.49. The van der Waals surface area contributed by atoms with Gasteiger partial charge in [-0.3, -0.25) is 9.59 Å². The van der Waals surface area contributed by atoms with Crippen molar-refractivity contribution in [2.45, 2.75) is 18.8 Å². The first kappa shape index (κ1) is 19.6. The van der Waals surface area contributed by atoms with E-state index >= 15 is 0 Å². The van der Waals surface area contributed by atoms with Gasteiger partial charge in [0.2, 0.25) is 11.8 Å². The maximum atomic E-state index is 13.5. The molecule has 2 amide bonds. The second-order valence-corrected chi connectivity index (χ2v) is 7.21. The van der Waals surface area contributed by atoms with Gasteiger partial charge >= 0.3 is 0 Å². The molecule has 152 valence electrons. The zero-order valence-electron chi connectivity index (χ0n) is 16.4. The van der Waals surface area contributed by atoms with E-state index in [-0.39, 0.29) is 18.2 Å². The highest BCUT2D eigenvalue weighted by atomic mass is 19.1. The molecule has 1 heterocycles. The van der Waals surface area contributed by atoms with Crippen molar-refractivity contribution >= 4 is 23.2 Å². The number of methoxy groups -OCH3 is 1. The summed E-state index contributed by atoms with van der Waals surface area (Å²) in [6, 6.07) is 19.5. The van der Waals surface area contributed by atoms with E-state index in [1.807, 2.05) is 42.5 Å². The number of ether oxygens (including phenoxy) is 1. The van der Waals surface area contributed by atoms with Gasteiger partial charge in [-0.05, 0) is 41.5 Å². The Balaban J connectivity index is 1.58. The first-order chi connectivity index (χ1) is 14.5. The molecule has 1 aliphatic heterocycles. The van der Waals surface area contributed by atoms with Crippen LogP contribution in [-0.4, -0.2) is 18.9 Å². The van der Waals surface area contributed by atoms with E-state index in [2.05, 4.69) is 10.6 Å². The van der Waals surface area contributed by atoms with Crippen molar-refractivity contribution < 1.29 is 18.7 Å². The highest BCUT2D eigenvalue weighted by Gasteiger charge is 2.31. The van der Waals surface area contributed by atoms with Crippen LogP contribution in [0, 0.1) is 5.82 Å². The molecule has 3 aromatic rings. The summed E-state index contributed by atoms with van der Waals surface area (Å²) in [7, 11) is 1.61. The number of carbonyl (C=O) groups is 2. The second-order valence-electron chi connectivity index (χ2n) is 7.21. The quantitative estimate of drug-likeness (QED) is 0.658. The fourth-order valence-corrected chi connectivity index (χ4v) is 3.71. The highest BCUT2D eigenvalue weighted by Crippen LogP contribution is 2.34. The van der Waals surface area contributed by atoms with Crippen LogP contribution < -0.4 is 15.4 Å². The number of rotatable bonds is 5. The van der Waals surface area contributed by atoms with E-state index in [1.54, 1.807) is 19.2 Å². The van der Waals surface area contributed by atoms with E-state index < -0.39 is 11.7 Å². The maximum Gasteiger partial charge on any atom is 0.232 e. The highest BCUT2D eigenvalue weighted by molar-refractivity contribution is 6.05. The molecule has 5 nitrogen and oxygen atoms in total. The van der Waals surface area contributed by atoms with E-state index in [9.17, 15) is 14.0 Å². The predicted molar refractivity (Wildman–Crippen MR) is 113 cm³/mol. The number of halogens is 1. The fraction of sp³-hybridized carbons (Fsp3) is 0.167. The molecule has 6 heteroatoms. The summed E-state index contributed by atoms with van der Waals surface area (Å²) in [5.74, 6) is -1.04. The van der Waals surface area contributed by atoms with Crippen LogP contribution in [0.25, 0.3) is 0 Å². The van der Waals surface area contributed by atoms with Gasteiger partial charge in [0.25, 0.3) is 0 Å². The van der Waals surface area contributed by atoms with Crippen molar-refractivity contribution in [1.82, 2.24) is 0 Å². The number of hydrogen-bond donors (Lipinski definition) is 2. The molecule has 0 spiro atoms. The van der Waals surface area contributed by atoms with Gasteiger partial charge in [0.1, 0.15) is 11.6 Å². The lowest BCUT2D eigenvalue weighted by Crippen LogP contribution is -2.30. The monoisotopic (exact) mass is 404 g/mol. The van der Waals surface area contributed by atoms with Gasteiger partial charge in [0.15, 0.2) is 0 Å². The van der Waals surface area contributed by atoms with Gasteiger partial charge in [0.05, 0.1) is 13.0 Å². The smallest absolute Gasteiger partial charge is 0.232 e.